The second-order valence-electron chi connectivity index (χ2n) is 5.69. The van der Waals surface area contributed by atoms with Gasteiger partial charge in [0.25, 0.3) is 0 Å². The maximum atomic E-state index is 5.91. The highest BCUT2D eigenvalue weighted by molar-refractivity contribution is 5.15. The number of morpholine rings is 1. The summed E-state index contributed by atoms with van der Waals surface area (Å²) in [5, 5.41) is 0. The van der Waals surface area contributed by atoms with E-state index < -0.39 is 0 Å². The topological polar surface area (TPSA) is 21.7 Å². The Labute approximate surface area is 132 Å². The minimum atomic E-state index is 0.331. The summed E-state index contributed by atoms with van der Waals surface area (Å²) in [5.74, 6) is 0. The van der Waals surface area contributed by atoms with Crippen LogP contribution < -0.4 is 0 Å². The van der Waals surface area contributed by atoms with Crippen LogP contribution >= 0.6 is 0 Å². The van der Waals surface area contributed by atoms with Crippen LogP contribution in [0.25, 0.3) is 0 Å². The summed E-state index contributed by atoms with van der Waals surface area (Å²) in [6.45, 7) is 4.86. The molecule has 0 spiro atoms. The van der Waals surface area contributed by atoms with Gasteiger partial charge in [-0.15, -0.1) is 0 Å². The van der Waals surface area contributed by atoms with Crippen molar-refractivity contribution in [2.24, 2.45) is 0 Å². The lowest BCUT2D eigenvalue weighted by Crippen LogP contribution is -2.47. The first-order valence-corrected chi connectivity index (χ1v) is 7.89. The van der Waals surface area contributed by atoms with Crippen molar-refractivity contribution < 1.29 is 9.47 Å². The third kappa shape index (κ3) is 4.41. The molecule has 2 aromatic carbocycles. The molecule has 1 saturated heterocycles. The molecular formula is C19H23NO2. The molecule has 22 heavy (non-hydrogen) atoms. The van der Waals surface area contributed by atoms with E-state index in [2.05, 4.69) is 47.4 Å². The van der Waals surface area contributed by atoms with Gasteiger partial charge in [-0.25, -0.2) is 0 Å². The lowest BCUT2D eigenvalue weighted by molar-refractivity contribution is -0.0494. The first kappa shape index (κ1) is 15.2. The zero-order chi connectivity index (χ0) is 15.0. The van der Waals surface area contributed by atoms with Crippen LogP contribution in [0, 0.1) is 0 Å². The maximum absolute atomic E-state index is 5.91. The number of hydrogen-bond donors (Lipinski definition) is 0. The molecule has 1 aliphatic rings. The van der Waals surface area contributed by atoms with E-state index in [1.165, 1.54) is 11.1 Å². The van der Waals surface area contributed by atoms with Crippen LogP contribution in [-0.2, 0) is 22.6 Å². The molecule has 2 aromatic rings. The van der Waals surface area contributed by atoms with Crippen molar-refractivity contribution in [2.75, 3.05) is 26.4 Å². The first-order chi connectivity index (χ1) is 10.9. The Morgan fingerprint density at radius 3 is 2.36 bits per heavy atom. The molecule has 1 fully saturated rings. The second-order valence-corrected chi connectivity index (χ2v) is 5.69. The molecule has 0 aliphatic carbocycles. The van der Waals surface area contributed by atoms with Crippen LogP contribution in [-0.4, -0.2) is 37.3 Å². The molecule has 0 N–H and O–H groups in total. The lowest BCUT2D eigenvalue weighted by Gasteiger charge is -2.35. The molecule has 0 aromatic heterocycles. The largest absolute Gasteiger partial charge is 0.378 e. The van der Waals surface area contributed by atoms with Crippen LogP contribution in [0.1, 0.15) is 11.1 Å². The average molecular weight is 297 g/mol. The molecule has 116 valence electrons. The highest BCUT2D eigenvalue weighted by Gasteiger charge is 2.23. The summed E-state index contributed by atoms with van der Waals surface area (Å²) >= 11 is 0. The average Bonchev–Trinajstić information content (AvgIpc) is 2.58. The summed E-state index contributed by atoms with van der Waals surface area (Å²) in [6, 6.07) is 21.2. The van der Waals surface area contributed by atoms with Crippen LogP contribution in [0.15, 0.2) is 60.7 Å². The van der Waals surface area contributed by atoms with E-state index in [0.29, 0.717) is 19.3 Å². The maximum Gasteiger partial charge on any atom is 0.0717 e. The highest BCUT2D eigenvalue weighted by Crippen LogP contribution is 2.13. The standard InChI is InChI=1S/C19H23NO2/c1-3-7-17(8-4-1)13-20-11-12-21-15-19(20)16-22-14-18-9-5-2-6-10-18/h1-10,19H,11-16H2/t19-/m1/s1. The monoisotopic (exact) mass is 297 g/mol. The number of rotatable bonds is 6. The van der Waals surface area contributed by atoms with Crippen molar-refractivity contribution >= 4 is 0 Å². The van der Waals surface area contributed by atoms with Crippen molar-refractivity contribution in [1.82, 2.24) is 4.90 Å². The van der Waals surface area contributed by atoms with Crippen LogP contribution in [0.4, 0.5) is 0 Å². The molecule has 0 bridgehead atoms. The van der Waals surface area contributed by atoms with E-state index in [0.717, 1.165) is 26.3 Å². The van der Waals surface area contributed by atoms with Crippen LogP contribution in [0.3, 0.4) is 0 Å². The van der Waals surface area contributed by atoms with Crippen molar-refractivity contribution in [3.05, 3.63) is 71.8 Å². The molecule has 1 atom stereocenters. The lowest BCUT2D eigenvalue weighted by atomic mass is 10.1. The fourth-order valence-electron chi connectivity index (χ4n) is 2.76. The minimum Gasteiger partial charge on any atom is -0.378 e. The number of benzene rings is 2. The van der Waals surface area contributed by atoms with Gasteiger partial charge in [-0.1, -0.05) is 60.7 Å². The van der Waals surface area contributed by atoms with Crippen LogP contribution in [0.2, 0.25) is 0 Å². The van der Waals surface area contributed by atoms with Gasteiger partial charge in [0, 0.05) is 13.1 Å². The molecule has 1 aliphatic heterocycles. The van der Waals surface area contributed by atoms with Gasteiger partial charge in [0.2, 0.25) is 0 Å². The smallest absolute Gasteiger partial charge is 0.0717 e. The molecule has 0 amide bonds. The quantitative estimate of drug-likeness (QED) is 0.818. The number of nitrogens with zero attached hydrogens (tertiary/aromatic N) is 1. The summed E-state index contributed by atoms with van der Waals surface area (Å²) < 4.78 is 11.5. The fourth-order valence-corrected chi connectivity index (χ4v) is 2.76. The predicted molar refractivity (Wildman–Crippen MR) is 87.6 cm³/mol. The van der Waals surface area contributed by atoms with Crippen molar-refractivity contribution in [2.45, 2.75) is 19.2 Å². The zero-order valence-electron chi connectivity index (χ0n) is 12.9. The van der Waals surface area contributed by atoms with E-state index in [9.17, 15) is 0 Å². The molecular weight excluding hydrogens is 274 g/mol. The van der Waals surface area contributed by atoms with Gasteiger partial charge in [-0.3, -0.25) is 4.90 Å². The Balaban J connectivity index is 1.51. The second kappa shape index (κ2) is 8.08. The van der Waals surface area contributed by atoms with Gasteiger partial charge in [0.05, 0.1) is 32.5 Å². The summed E-state index contributed by atoms with van der Waals surface area (Å²) in [7, 11) is 0. The SMILES string of the molecule is c1ccc(COC[C@H]2COCCN2Cc2ccccc2)cc1. The molecule has 3 rings (SSSR count). The Kier molecular flexibility index (Phi) is 5.59. The summed E-state index contributed by atoms with van der Waals surface area (Å²) in [6.07, 6.45) is 0. The molecule has 3 nitrogen and oxygen atoms in total. The molecule has 0 radical (unpaired) electrons. The van der Waals surface area contributed by atoms with Gasteiger partial charge in [-0.05, 0) is 11.1 Å². The zero-order valence-corrected chi connectivity index (χ0v) is 12.9. The van der Waals surface area contributed by atoms with E-state index in [1.54, 1.807) is 0 Å². The Bertz CT molecular complexity index is 544. The molecule has 1 heterocycles. The van der Waals surface area contributed by atoms with Gasteiger partial charge in [0.1, 0.15) is 0 Å². The fraction of sp³-hybridized carbons (Fsp3) is 0.368. The van der Waals surface area contributed by atoms with Gasteiger partial charge in [-0.2, -0.15) is 0 Å². The molecule has 0 saturated carbocycles. The van der Waals surface area contributed by atoms with E-state index in [-0.39, 0.29) is 0 Å². The summed E-state index contributed by atoms with van der Waals surface area (Å²) in [4.78, 5) is 2.46. The molecule has 0 unspecified atom stereocenters. The normalized spacial score (nSPS) is 19.2. The van der Waals surface area contributed by atoms with Crippen molar-refractivity contribution in [3.8, 4) is 0 Å². The van der Waals surface area contributed by atoms with E-state index >= 15 is 0 Å². The Morgan fingerprint density at radius 2 is 1.64 bits per heavy atom. The highest BCUT2D eigenvalue weighted by atomic mass is 16.5. The first-order valence-electron chi connectivity index (χ1n) is 7.89. The van der Waals surface area contributed by atoms with Crippen LogP contribution in [0.5, 0.6) is 0 Å². The predicted octanol–water partition coefficient (Wildman–Crippen LogP) is 3.10. The van der Waals surface area contributed by atoms with Crippen molar-refractivity contribution in [1.29, 1.82) is 0 Å². The number of hydrogen-bond acceptors (Lipinski definition) is 3. The molecule has 3 heteroatoms. The van der Waals surface area contributed by atoms with Crippen molar-refractivity contribution in [3.63, 3.8) is 0 Å². The van der Waals surface area contributed by atoms with E-state index in [1.807, 2.05) is 18.2 Å². The van der Waals surface area contributed by atoms with Gasteiger partial charge >= 0.3 is 0 Å². The van der Waals surface area contributed by atoms with E-state index in [4.69, 9.17) is 9.47 Å². The van der Waals surface area contributed by atoms with Gasteiger partial charge in [0.15, 0.2) is 0 Å². The Hall–Kier alpha value is -1.68. The minimum absolute atomic E-state index is 0.331. The van der Waals surface area contributed by atoms with Gasteiger partial charge < -0.3 is 9.47 Å². The number of ether oxygens (including phenoxy) is 2. The Morgan fingerprint density at radius 1 is 0.955 bits per heavy atom. The third-order valence-corrected chi connectivity index (χ3v) is 4.00. The third-order valence-electron chi connectivity index (χ3n) is 4.00. The summed E-state index contributed by atoms with van der Waals surface area (Å²) in [5.41, 5.74) is 2.56.